The predicted molar refractivity (Wildman–Crippen MR) is 116 cm³/mol. The van der Waals surface area contributed by atoms with Crippen molar-refractivity contribution in [2.24, 2.45) is 0 Å². The van der Waals surface area contributed by atoms with Crippen LogP contribution >= 0.6 is 7.75 Å². The number of halogens is 1. The molecule has 13 heteroatoms. The maximum atomic E-state index is 13.7. The Kier molecular flexibility index (Phi) is 9.40. The summed E-state index contributed by atoms with van der Waals surface area (Å²) in [4.78, 5) is 25.2. The lowest BCUT2D eigenvalue weighted by Gasteiger charge is -2.34. The van der Waals surface area contributed by atoms with Gasteiger partial charge in [-0.25, -0.2) is 14.4 Å². The zero-order chi connectivity index (χ0) is 24.0. The summed E-state index contributed by atoms with van der Waals surface area (Å²) in [5.41, 5.74) is -1.91. The molecule has 3 heterocycles. The first kappa shape index (κ1) is 26.2. The lowest BCUT2D eigenvalue weighted by atomic mass is 10.2. The van der Waals surface area contributed by atoms with Gasteiger partial charge in [-0.2, -0.15) is 4.39 Å². The molecule has 1 unspecified atom stereocenters. The highest BCUT2D eigenvalue weighted by atomic mass is 31.2. The van der Waals surface area contributed by atoms with Crippen molar-refractivity contribution < 1.29 is 32.2 Å². The molecule has 3 rings (SSSR count). The van der Waals surface area contributed by atoms with Crippen LogP contribution in [0, 0.1) is 5.82 Å². The van der Waals surface area contributed by atoms with Gasteiger partial charge in [0.15, 0.2) is 6.29 Å². The molecule has 0 aromatic carbocycles. The van der Waals surface area contributed by atoms with Crippen molar-refractivity contribution in [3.8, 4) is 0 Å². The van der Waals surface area contributed by atoms with Crippen molar-refractivity contribution in [1.82, 2.24) is 14.6 Å². The highest BCUT2D eigenvalue weighted by Crippen LogP contribution is 2.53. The van der Waals surface area contributed by atoms with Crippen molar-refractivity contribution in [2.45, 2.75) is 83.6 Å². The van der Waals surface area contributed by atoms with E-state index >= 15 is 0 Å². The van der Waals surface area contributed by atoms with E-state index in [0.717, 1.165) is 36.4 Å². The molecule has 5 atom stereocenters. The Balaban J connectivity index is 1.63. The summed E-state index contributed by atoms with van der Waals surface area (Å²) in [5, 5.41) is 2.87. The van der Waals surface area contributed by atoms with Crippen LogP contribution in [0.5, 0.6) is 0 Å². The Labute approximate surface area is 191 Å². The van der Waals surface area contributed by atoms with Gasteiger partial charge in [-0.1, -0.05) is 26.7 Å². The van der Waals surface area contributed by atoms with Crippen LogP contribution in [0.2, 0.25) is 0 Å². The number of aromatic nitrogens is 2. The minimum Gasteiger partial charge on any atom is -0.351 e. The number of nitrogens with one attached hydrogen (secondary N) is 2. The van der Waals surface area contributed by atoms with E-state index in [1.165, 1.54) is 0 Å². The summed E-state index contributed by atoms with van der Waals surface area (Å²) in [7, 11) is -3.73. The molecule has 0 saturated carbocycles. The number of hydrogen-bond donors (Lipinski definition) is 2. The van der Waals surface area contributed by atoms with Gasteiger partial charge in [0, 0.05) is 19.6 Å². The quantitative estimate of drug-likeness (QED) is 0.256. The molecule has 2 saturated heterocycles. The van der Waals surface area contributed by atoms with Gasteiger partial charge in [0.25, 0.3) is 5.56 Å². The van der Waals surface area contributed by atoms with Gasteiger partial charge in [-0.15, -0.1) is 0 Å². The first-order chi connectivity index (χ1) is 15.8. The Bertz CT molecular complexity index is 931. The highest BCUT2D eigenvalue weighted by Gasteiger charge is 2.48. The van der Waals surface area contributed by atoms with E-state index in [1.807, 2.05) is 4.98 Å². The van der Waals surface area contributed by atoms with Gasteiger partial charge < -0.3 is 14.2 Å². The largest absolute Gasteiger partial charge is 0.406 e. The second-order valence-electron chi connectivity index (χ2n) is 8.18. The fourth-order valence-corrected chi connectivity index (χ4v) is 5.33. The van der Waals surface area contributed by atoms with Crippen LogP contribution in [0.3, 0.4) is 0 Å². The summed E-state index contributed by atoms with van der Waals surface area (Å²) in [6, 6.07) is -0.491. The number of H-pyrrole nitrogens is 1. The third-order valence-corrected chi connectivity index (χ3v) is 7.19. The second kappa shape index (κ2) is 11.8. The van der Waals surface area contributed by atoms with Gasteiger partial charge in [0.05, 0.1) is 18.8 Å². The van der Waals surface area contributed by atoms with Crippen LogP contribution in [-0.2, 0) is 27.8 Å². The van der Waals surface area contributed by atoms with Crippen LogP contribution in [0.25, 0.3) is 0 Å². The maximum absolute atomic E-state index is 13.7. The number of hydrogen-bond acceptors (Lipinski definition) is 8. The smallest absolute Gasteiger partial charge is 0.351 e. The summed E-state index contributed by atoms with van der Waals surface area (Å²) in [6.45, 7) is 6.87. The zero-order valence-electron chi connectivity index (χ0n) is 19.2. The summed E-state index contributed by atoms with van der Waals surface area (Å²) in [5.74, 6) is -1.11. The van der Waals surface area contributed by atoms with E-state index in [2.05, 4.69) is 18.9 Å². The molecule has 11 nitrogen and oxygen atoms in total. The molecule has 2 aliphatic rings. The number of rotatable bonds is 12. The van der Waals surface area contributed by atoms with Gasteiger partial charge in [-0.05, 0) is 19.8 Å². The van der Waals surface area contributed by atoms with Crippen LogP contribution < -0.4 is 16.3 Å². The molecule has 1 aromatic heterocycles. The molecule has 33 heavy (non-hydrogen) atoms. The van der Waals surface area contributed by atoms with E-state index in [1.54, 1.807) is 6.92 Å². The van der Waals surface area contributed by atoms with Crippen molar-refractivity contribution in [3.63, 3.8) is 0 Å². The van der Waals surface area contributed by atoms with Crippen molar-refractivity contribution in [2.75, 3.05) is 19.8 Å². The maximum Gasteiger partial charge on any atom is 0.406 e. The average molecular weight is 493 g/mol. The molecule has 2 aliphatic heterocycles. The predicted octanol–water partition coefficient (Wildman–Crippen LogP) is 2.42. The van der Waals surface area contributed by atoms with E-state index in [0.29, 0.717) is 13.2 Å². The van der Waals surface area contributed by atoms with Crippen LogP contribution in [0.1, 0.15) is 59.1 Å². The first-order valence-electron chi connectivity index (χ1n) is 11.4. The van der Waals surface area contributed by atoms with E-state index < -0.39 is 55.6 Å². The SMILES string of the molecule is CCCCOC(OCCCC)[C@H](C)NP1(=O)OC[C@H]2O[C@@H](n3cc(F)c(=O)[nH]c3=O)C[C@@H]2O1. The molecule has 1 aromatic rings. The minimum absolute atomic E-state index is 0.0448. The highest BCUT2D eigenvalue weighted by molar-refractivity contribution is 7.51. The number of fused-ring (bicyclic) bond motifs is 1. The Morgan fingerprint density at radius 3 is 2.55 bits per heavy atom. The second-order valence-corrected chi connectivity index (χ2v) is 9.90. The molecule has 0 bridgehead atoms. The Morgan fingerprint density at radius 2 is 1.91 bits per heavy atom. The third-order valence-electron chi connectivity index (χ3n) is 5.43. The van der Waals surface area contributed by atoms with Crippen molar-refractivity contribution in [3.05, 3.63) is 32.9 Å². The normalized spacial score (nSPS) is 28.2. The monoisotopic (exact) mass is 493 g/mol. The van der Waals surface area contributed by atoms with Gasteiger partial charge >= 0.3 is 13.4 Å². The number of aromatic amines is 1. The molecule has 0 spiro atoms. The lowest BCUT2D eigenvalue weighted by molar-refractivity contribution is -0.156. The first-order valence-corrected chi connectivity index (χ1v) is 12.9. The van der Waals surface area contributed by atoms with Gasteiger partial charge in [0.2, 0.25) is 5.82 Å². The molecule has 0 radical (unpaired) electrons. The lowest BCUT2D eigenvalue weighted by Crippen LogP contribution is -2.43. The Morgan fingerprint density at radius 1 is 1.24 bits per heavy atom. The van der Waals surface area contributed by atoms with Gasteiger partial charge in [-0.3, -0.25) is 23.4 Å². The van der Waals surface area contributed by atoms with Crippen LogP contribution in [0.4, 0.5) is 4.39 Å². The molecule has 2 fully saturated rings. The van der Waals surface area contributed by atoms with Crippen molar-refractivity contribution in [1.29, 1.82) is 0 Å². The van der Waals surface area contributed by atoms with Crippen molar-refractivity contribution >= 4 is 7.75 Å². The number of unbranched alkanes of at least 4 members (excludes halogenated alkanes) is 2. The molecule has 2 N–H and O–H groups in total. The standard InChI is InChI=1S/C20H33FN3O8P/c1-4-6-8-28-19(29-9-7-5-2)13(3)23-33(27)30-12-16-15(32-33)10-17(31-16)24-11-14(21)18(25)22-20(24)26/h11,13,15-17,19H,4-10,12H2,1-3H3,(H,23,27)(H,22,25,26)/t13-,15-,16+,17+,33?/m0/s1. The number of ether oxygens (including phenoxy) is 3. The van der Waals surface area contributed by atoms with Crippen LogP contribution in [0.15, 0.2) is 15.8 Å². The molecule has 0 aliphatic carbocycles. The zero-order valence-corrected chi connectivity index (χ0v) is 20.1. The fourth-order valence-electron chi connectivity index (χ4n) is 3.59. The third kappa shape index (κ3) is 6.82. The average Bonchev–Trinajstić information content (AvgIpc) is 3.17. The van der Waals surface area contributed by atoms with Crippen LogP contribution in [-0.4, -0.2) is 53.9 Å². The molecule has 0 amide bonds. The van der Waals surface area contributed by atoms with E-state index in [4.69, 9.17) is 23.3 Å². The summed E-state index contributed by atoms with van der Waals surface area (Å²) < 4.78 is 56.4. The Hall–Kier alpha value is -1.40. The summed E-state index contributed by atoms with van der Waals surface area (Å²) >= 11 is 0. The fraction of sp³-hybridized carbons (Fsp3) is 0.800. The topological polar surface area (TPSA) is 130 Å². The van der Waals surface area contributed by atoms with Gasteiger partial charge in [0.1, 0.15) is 18.4 Å². The summed E-state index contributed by atoms with van der Waals surface area (Å²) in [6.07, 6.45) is 1.82. The molecule has 188 valence electrons. The molecular formula is C20H33FN3O8P. The molecular weight excluding hydrogens is 460 g/mol. The van der Waals surface area contributed by atoms with E-state index in [9.17, 15) is 18.5 Å². The van der Waals surface area contributed by atoms with E-state index in [-0.39, 0.29) is 13.0 Å². The minimum atomic E-state index is -3.73. The number of nitrogens with zero attached hydrogens (tertiary/aromatic N) is 1.